The third-order valence-corrected chi connectivity index (χ3v) is 6.71. The number of ether oxygens (including phenoxy) is 1. The molecule has 166 valence electrons. The maximum Gasteiger partial charge on any atom is 0.272 e. The fourth-order valence-corrected chi connectivity index (χ4v) is 4.90. The van der Waals surface area contributed by atoms with Crippen LogP contribution in [0.4, 0.5) is 5.69 Å². The number of carbonyl (C=O) groups is 1. The number of anilines is 1. The van der Waals surface area contributed by atoms with Gasteiger partial charge in [-0.25, -0.2) is 4.68 Å². The van der Waals surface area contributed by atoms with E-state index >= 15 is 0 Å². The van der Waals surface area contributed by atoms with Crippen LogP contribution in [0, 0.1) is 0 Å². The molecule has 0 bridgehead atoms. The van der Waals surface area contributed by atoms with Crippen molar-refractivity contribution in [2.75, 3.05) is 31.2 Å². The first kappa shape index (κ1) is 21.2. The fourth-order valence-electron chi connectivity index (χ4n) is 4.52. The summed E-state index contributed by atoms with van der Waals surface area (Å²) in [7, 11) is 0. The first-order valence-electron chi connectivity index (χ1n) is 11.3. The number of benzene rings is 2. The standard InChI is InChI=1S/C25H27BrN4O2/c26-19-4-3-5-21(16-19)30-23-7-2-1-6-22(23)24(28-30)25(31)27-17-18-8-10-20(11-9-18)29-12-14-32-15-13-29/h3-5,8-11,16H,1-2,6-7,12-15,17H2,(H,27,31). The van der Waals surface area contributed by atoms with Gasteiger partial charge in [0.15, 0.2) is 5.69 Å². The molecular weight excluding hydrogens is 468 g/mol. The summed E-state index contributed by atoms with van der Waals surface area (Å²) in [6, 6.07) is 16.5. The van der Waals surface area contributed by atoms with Gasteiger partial charge >= 0.3 is 0 Å². The van der Waals surface area contributed by atoms with Crippen molar-refractivity contribution in [3.05, 3.63) is 75.5 Å². The zero-order valence-corrected chi connectivity index (χ0v) is 19.6. The Morgan fingerprint density at radius 1 is 1.03 bits per heavy atom. The van der Waals surface area contributed by atoms with E-state index < -0.39 is 0 Å². The molecule has 1 N–H and O–H groups in total. The molecule has 1 aliphatic heterocycles. The zero-order chi connectivity index (χ0) is 21.9. The second kappa shape index (κ2) is 9.46. The van der Waals surface area contributed by atoms with Gasteiger partial charge in [-0.05, 0) is 61.6 Å². The van der Waals surface area contributed by atoms with Gasteiger partial charge in [0.05, 0.1) is 18.9 Å². The summed E-state index contributed by atoms with van der Waals surface area (Å²) < 4.78 is 8.38. The summed E-state index contributed by atoms with van der Waals surface area (Å²) in [6.45, 7) is 3.87. The van der Waals surface area contributed by atoms with Crippen molar-refractivity contribution in [1.29, 1.82) is 0 Å². The predicted molar refractivity (Wildman–Crippen MR) is 129 cm³/mol. The third kappa shape index (κ3) is 4.45. The first-order chi connectivity index (χ1) is 15.7. The quantitative estimate of drug-likeness (QED) is 0.574. The van der Waals surface area contributed by atoms with Gasteiger partial charge in [-0.3, -0.25) is 4.79 Å². The summed E-state index contributed by atoms with van der Waals surface area (Å²) in [5, 5.41) is 7.84. The predicted octanol–water partition coefficient (Wildman–Crippen LogP) is 4.28. The molecule has 1 saturated heterocycles. The van der Waals surface area contributed by atoms with Gasteiger partial charge in [0.25, 0.3) is 5.91 Å². The van der Waals surface area contributed by atoms with Crippen LogP contribution < -0.4 is 10.2 Å². The van der Waals surface area contributed by atoms with Crippen LogP contribution in [-0.2, 0) is 24.1 Å². The number of hydrogen-bond acceptors (Lipinski definition) is 4. The minimum atomic E-state index is -0.103. The number of morpholine rings is 1. The molecule has 2 heterocycles. The molecule has 2 aromatic carbocycles. The van der Waals surface area contributed by atoms with Crippen LogP contribution in [0.2, 0.25) is 0 Å². The van der Waals surface area contributed by atoms with Gasteiger partial charge in [0, 0.05) is 41.1 Å². The molecule has 6 nitrogen and oxygen atoms in total. The average Bonchev–Trinajstić information content (AvgIpc) is 3.23. The van der Waals surface area contributed by atoms with Gasteiger partial charge in [0.2, 0.25) is 0 Å². The van der Waals surface area contributed by atoms with Crippen LogP contribution >= 0.6 is 15.9 Å². The van der Waals surface area contributed by atoms with E-state index in [1.165, 1.54) is 5.69 Å². The highest BCUT2D eigenvalue weighted by atomic mass is 79.9. The fraction of sp³-hybridized carbons (Fsp3) is 0.360. The molecule has 1 aromatic heterocycles. The number of halogens is 1. The highest BCUT2D eigenvalue weighted by molar-refractivity contribution is 9.10. The smallest absolute Gasteiger partial charge is 0.272 e. The molecule has 5 rings (SSSR count). The lowest BCUT2D eigenvalue weighted by atomic mass is 9.95. The number of nitrogens with one attached hydrogen (secondary N) is 1. The Kier molecular flexibility index (Phi) is 6.28. The van der Waals surface area contributed by atoms with Crippen molar-refractivity contribution in [3.63, 3.8) is 0 Å². The molecule has 2 aliphatic rings. The van der Waals surface area contributed by atoms with Gasteiger partial charge in [-0.1, -0.05) is 34.1 Å². The Morgan fingerprint density at radius 3 is 2.59 bits per heavy atom. The van der Waals surface area contributed by atoms with E-state index in [1.807, 2.05) is 28.9 Å². The van der Waals surface area contributed by atoms with Crippen molar-refractivity contribution in [2.45, 2.75) is 32.2 Å². The third-order valence-electron chi connectivity index (χ3n) is 6.21. The monoisotopic (exact) mass is 494 g/mol. The van der Waals surface area contributed by atoms with Crippen LogP contribution in [-0.4, -0.2) is 42.0 Å². The first-order valence-corrected chi connectivity index (χ1v) is 12.0. The Morgan fingerprint density at radius 2 is 1.81 bits per heavy atom. The normalized spacial score (nSPS) is 16.0. The Balaban J connectivity index is 1.31. The maximum atomic E-state index is 13.1. The van der Waals surface area contributed by atoms with Crippen LogP contribution in [0.25, 0.3) is 5.69 Å². The Hall–Kier alpha value is -2.64. The number of hydrogen-bond donors (Lipinski definition) is 1. The molecule has 1 amide bonds. The summed E-state index contributed by atoms with van der Waals surface area (Å²) >= 11 is 3.54. The van der Waals surface area contributed by atoms with Crippen molar-refractivity contribution >= 4 is 27.5 Å². The molecule has 1 fully saturated rings. The van der Waals surface area contributed by atoms with Gasteiger partial charge in [-0.2, -0.15) is 5.10 Å². The molecule has 7 heteroatoms. The van der Waals surface area contributed by atoms with Crippen molar-refractivity contribution in [3.8, 4) is 5.69 Å². The van der Waals surface area contributed by atoms with Crippen molar-refractivity contribution in [1.82, 2.24) is 15.1 Å². The summed E-state index contributed by atoms with van der Waals surface area (Å²) in [4.78, 5) is 15.4. The largest absolute Gasteiger partial charge is 0.378 e. The second-order valence-corrected chi connectivity index (χ2v) is 9.24. The SMILES string of the molecule is O=C(NCc1ccc(N2CCOCC2)cc1)c1nn(-c2cccc(Br)c2)c2c1CCCC2. The van der Waals surface area contributed by atoms with E-state index in [2.05, 4.69) is 50.4 Å². The molecule has 1 aliphatic carbocycles. The van der Waals surface area contributed by atoms with Crippen LogP contribution in [0.3, 0.4) is 0 Å². The Labute approximate surface area is 196 Å². The molecule has 3 aromatic rings. The van der Waals surface area contributed by atoms with Crippen molar-refractivity contribution in [2.24, 2.45) is 0 Å². The molecule has 0 atom stereocenters. The highest BCUT2D eigenvalue weighted by Crippen LogP contribution is 2.28. The molecular formula is C25H27BrN4O2. The number of fused-ring (bicyclic) bond motifs is 1. The van der Waals surface area contributed by atoms with Gasteiger partial charge in [-0.15, -0.1) is 0 Å². The van der Waals surface area contributed by atoms with Crippen molar-refractivity contribution < 1.29 is 9.53 Å². The van der Waals surface area contributed by atoms with E-state index in [9.17, 15) is 4.79 Å². The molecule has 0 spiro atoms. The number of carbonyl (C=O) groups excluding carboxylic acids is 1. The topological polar surface area (TPSA) is 59.4 Å². The second-order valence-electron chi connectivity index (χ2n) is 8.32. The molecule has 32 heavy (non-hydrogen) atoms. The number of aromatic nitrogens is 2. The van der Waals surface area contributed by atoms with Crippen LogP contribution in [0.15, 0.2) is 53.0 Å². The number of rotatable bonds is 5. The highest BCUT2D eigenvalue weighted by Gasteiger charge is 2.25. The Bertz CT molecular complexity index is 1100. The van der Waals surface area contributed by atoms with E-state index in [-0.39, 0.29) is 5.91 Å². The van der Waals surface area contributed by atoms with E-state index in [0.717, 1.165) is 79.0 Å². The lowest BCUT2D eigenvalue weighted by Crippen LogP contribution is -2.36. The summed E-state index contributed by atoms with van der Waals surface area (Å²) in [5.41, 5.74) is 6.08. The lowest BCUT2D eigenvalue weighted by Gasteiger charge is -2.28. The summed E-state index contributed by atoms with van der Waals surface area (Å²) in [5.74, 6) is -0.103. The van der Waals surface area contributed by atoms with E-state index in [0.29, 0.717) is 12.2 Å². The van der Waals surface area contributed by atoms with Gasteiger partial charge in [0.1, 0.15) is 0 Å². The average molecular weight is 495 g/mol. The van der Waals surface area contributed by atoms with Crippen LogP contribution in [0.1, 0.15) is 40.2 Å². The maximum absolute atomic E-state index is 13.1. The van der Waals surface area contributed by atoms with Gasteiger partial charge < -0.3 is 15.0 Å². The summed E-state index contributed by atoms with van der Waals surface area (Å²) in [6.07, 6.45) is 4.08. The minimum absolute atomic E-state index is 0.103. The van der Waals surface area contributed by atoms with Crippen LogP contribution in [0.5, 0.6) is 0 Å². The molecule has 0 unspecified atom stereocenters. The number of nitrogens with zero attached hydrogens (tertiary/aromatic N) is 3. The molecule has 0 radical (unpaired) electrons. The van der Waals surface area contributed by atoms with E-state index in [1.54, 1.807) is 0 Å². The zero-order valence-electron chi connectivity index (χ0n) is 18.0. The van der Waals surface area contributed by atoms with E-state index in [4.69, 9.17) is 9.84 Å². The number of amides is 1. The minimum Gasteiger partial charge on any atom is -0.378 e. The lowest BCUT2D eigenvalue weighted by molar-refractivity contribution is 0.0944. The molecule has 0 saturated carbocycles.